The summed E-state index contributed by atoms with van der Waals surface area (Å²) < 4.78 is 5.41. The van der Waals surface area contributed by atoms with Gasteiger partial charge in [-0.05, 0) is 43.6 Å². The van der Waals surface area contributed by atoms with Crippen molar-refractivity contribution in [2.24, 2.45) is 0 Å². The first-order valence-electron chi connectivity index (χ1n) is 8.95. The Kier molecular flexibility index (Phi) is 6.48. The number of likely N-dealkylation sites (tertiary alicyclic amines) is 1. The number of morpholine rings is 1. The Morgan fingerprint density at radius 1 is 1.26 bits per heavy atom. The maximum absolute atomic E-state index is 12.7. The number of ether oxygens (including phenoxy) is 1. The lowest BCUT2D eigenvalue weighted by atomic mass is 9.98. The minimum Gasteiger partial charge on any atom is -0.379 e. The number of hydrogen-bond acceptors (Lipinski definition) is 4. The lowest BCUT2D eigenvalue weighted by Gasteiger charge is -2.37. The number of carbonyl (C=O) groups is 1. The summed E-state index contributed by atoms with van der Waals surface area (Å²) in [7, 11) is 0. The molecule has 1 unspecified atom stereocenters. The van der Waals surface area contributed by atoms with Crippen molar-refractivity contribution >= 4 is 17.2 Å². The van der Waals surface area contributed by atoms with Crippen molar-refractivity contribution in [1.82, 2.24) is 9.80 Å². The normalized spacial score (nSPS) is 23.1. The van der Waals surface area contributed by atoms with Crippen LogP contribution in [0.15, 0.2) is 17.5 Å². The molecule has 1 aromatic heterocycles. The van der Waals surface area contributed by atoms with Crippen molar-refractivity contribution in [3.63, 3.8) is 0 Å². The average Bonchev–Trinajstić information content (AvgIpc) is 3.12. The summed E-state index contributed by atoms with van der Waals surface area (Å²) >= 11 is 1.75. The average molecular weight is 337 g/mol. The minimum absolute atomic E-state index is 0.352. The molecule has 1 amide bonds. The molecule has 4 nitrogen and oxygen atoms in total. The molecule has 5 heteroatoms. The molecule has 2 saturated heterocycles. The number of thiophene rings is 1. The molecule has 3 rings (SSSR count). The van der Waals surface area contributed by atoms with Crippen LogP contribution in [0.1, 0.15) is 37.0 Å². The molecule has 0 N–H and O–H groups in total. The van der Waals surface area contributed by atoms with Crippen LogP contribution in [0, 0.1) is 0 Å². The Morgan fingerprint density at radius 2 is 2.13 bits per heavy atom. The van der Waals surface area contributed by atoms with Crippen molar-refractivity contribution in [2.75, 3.05) is 39.4 Å². The number of carbonyl (C=O) groups excluding carboxylic acids is 1. The van der Waals surface area contributed by atoms with Crippen molar-refractivity contribution in [1.29, 1.82) is 0 Å². The lowest BCUT2D eigenvalue weighted by molar-refractivity contribution is -0.135. The van der Waals surface area contributed by atoms with Gasteiger partial charge in [0.1, 0.15) is 0 Å². The zero-order valence-electron chi connectivity index (χ0n) is 13.9. The second-order valence-electron chi connectivity index (χ2n) is 6.56. The highest BCUT2D eigenvalue weighted by Crippen LogP contribution is 2.22. The largest absolute Gasteiger partial charge is 0.379 e. The van der Waals surface area contributed by atoms with Crippen molar-refractivity contribution in [3.05, 3.63) is 22.4 Å². The molecule has 0 saturated carbocycles. The maximum Gasteiger partial charge on any atom is 0.223 e. The predicted molar refractivity (Wildman–Crippen MR) is 93.9 cm³/mol. The van der Waals surface area contributed by atoms with Crippen molar-refractivity contribution in [2.45, 2.75) is 44.6 Å². The van der Waals surface area contributed by atoms with Gasteiger partial charge in [0.15, 0.2) is 0 Å². The minimum atomic E-state index is 0.352. The van der Waals surface area contributed by atoms with Gasteiger partial charge in [-0.15, -0.1) is 11.3 Å². The van der Waals surface area contributed by atoms with E-state index in [9.17, 15) is 4.79 Å². The van der Waals surface area contributed by atoms with E-state index >= 15 is 0 Å². The van der Waals surface area contributed by atoms with Gasteiger partial charge in [0, 0.05) is 43.5 Å². The topological polar surface area (TPSA) is 32.8 Å². The van der Waals surface area contributed by atoms with Crippen LogP contribution in [0.5, 0.6) is 0 Å². The fourth-order valence-corrected chi connectivity index (χ4v) is 4.32. The maximum atomic E-state index is 12.7. The van der Waals surface area contributed by atoms with E-state index in [1.165, 1.54) is 24.1 Å². The first-order chi connectivity index (χ1) is 11.3. The highest BCUT2D eigenvalue weighted by molar-refractivity contribution is 7.09. The fourth-order valence-electron chi connectivity index (χ4n) is 3.61. The van der Waals surface area contributed by atoms with Crippen LogP contribution in [-0.2, 0) is 16.0 Å². The first kappa shape index (κ1) is 16.9. The van der Waals surface area contributed by atoms with Crippen LogP contribution in [0.4, 0.5) is 0 Å². The number of aryl methyl sites for hydroxylation is 1. The van der Waals surface area contributed by atoms with Gasteiger partial charge in [0.05, 0.1) is 13.2 Å². The van der Waals surface area contributed by atoms with Crippen LogP contribution in [0.3, 0.4) is 0 Å². The van der Waals surface area contributed by atoms with Gasteiger partial charge in [-0.3, -0.25) is 9.69 Å². The molecule has 2 aliphatic rings. The molecule has 23 heavy (non-hydrogen) atoms. The van der Waals surface area contributed by atoms with Gasteiger partial charge in [-0.1, -0.05) is 6.07 Å². The van der Waals surface area contributed by atoms with Crippen molar-refractivity contribution < 1.29 is 9.53 Å². The highest BCUT2D eigenvalue weighted by Gasteiger charge is 2.26. The number of hydrogen-bond donors (Lipinski definition) is 0. The predicted octanol–water partition coefficient (Wildman–Crippen LogP) is 2.78. The lowest BCUT2D eigenvalue weighted by Crippen LogP contribution is -2.46. The van der Waals surface area contributed by atoms with E-state index < -0.39 is 0 Å². The van der Waals surface area contributed by atoms with E-state index in [4.69, 9.17) is 4.74 Å². The smallest absolute Gasteiger partial charge is 0.223 e. The van der Waals surface area contributed by atoms with Gasteiger partial charge in [-0.25, -0.2) is 0 Å². The molecule has 1 atom stereocenters. The number of amides is 1. The Morgan fingerprint density at radius 3 is 2.91 bits per heavy atom. The SMILES string of the molecule is O=C(CCc1cccs1)N1CCCCC1CCN1CCOCC1. The molecule has 0 radical (unpaired) electrons. The molecule has 0 aliphatic carbocycles. The van der Waals surface area contributed by atoms with Gasteiger partial charge >= 0.3 is 0 Å². The van der Waals surface area contributed by atoms with Crippen LogP contribution < -0.4 is 0 Å². The van der Waals surface area contributed by atoms with Crippen LogP contribution in [0.25, 0.3) is 0 Å². The second kappa shape index (κ2) is 8.81. The third-order valence-electron chi connectivity index (χ3n) is 5.00. The Balaban J connectivity index is 1.47. The van der Waals surface area contributed by atoms with E-state index in [2.05, 4.69) is 27.3 Å². The quantitative estimate of drug-likeness (QED) is 0.801. The zero-order valence-corrected chi connectivity index (χ0v) is 14.7. The number of piperidine rings is 1. The molecular weight excluding hydrogens is 308 g/mol. The summed E-state index contributed by atoms with van der Waals surface area (Å²) in [6, 6.07) is 4.64. The van der Waals surface area contributed by atoms with Gasteiger partial charge in [0.2, 0.25) is 5.91 Å². The summed E-state index contributed by atoms with van der Waals surface area (Å²) in [5, 5.41) is 2.09. The van der Waals surface area contributed by atoms with Crippen molar-refractivity contribution in [3.8, 4) is 0 Å². The summed E-state index contributed by atoms with van der Waals surface area (Å²) in [5.74, 6) is 0.352. The molecule has 2 aliphatic heterocycles. The molecule has 3 heterocycles. The van der Waals surface area contributed by atoms with E-state index in [-0.39, 0.29) is 0 Å². The Labute approximate surface area is 143 Å². The van der Waals surface area contributed by atoms with E-state index in [1.54, 1.807) is 11.3 Å². The zero-order chi connectivity index (χ0) is 15.9. The summed E-state index contributed by atoms with van der Waals surface area (Å²) in [5.41, 5.74) is 0. The summed E-state index contributed by atoms with van der Waals surface area (Å²) in [6.07, 6.45) is 6.28. The molecular formula is C18H28N2O2S. The molecule has 128 valence electrons. The van der Waals surface area contributed by atoms with Crippen LogP contribution in [0.2, 0.25) is 0 Å². The number of nitrogens with zero attached hydrogens (tertiary/aromatic N) is 2. The Hall–Kier alpha value is -0.910. The van der Waals surface area contributed by atoms with Crippen LogP contribution >= 0.6 is 11.3 Å². The number of rotatable bonds is 6. The van der Waals surface area contributed by atoms with Gasteiger partial charge in [0.25, 0.3) is 0 Å². The molecule has 0 bridgehead atoms. The van der Waals surface area contributed by atoms with E-state index in [0.29, 0.717) is 18.4 Å². The molecule has 0 aromatic carbocycles. The monoisotopic (exact) mass is 336 g/mol. The van der Waals surface area contributed by atoms with E-state index in [0.717, 1.165) is 52.2 Å². The first-order valence-corrected chi connectivity index (χ1v) is 9.83. The summed E-state index contributed by atoms with van der Waals surface area (Å²) in [4.78, 5) is 18.6. The molecule has 1 aromatic rings. The fraction of sp³-hybridized carbons (Fsp3) is 0.722. The second-order valence-corrected chi connectivity index (χ2v) is 7.59. The summed E-state index contributed by atoms with van der Waals surface area (Å²) in [6.45, 7) is 5.85. The van der Waals surface area contributed by atoms with Crippen LogP contribution in [-0.4, -0.2) is 61.1 Å². The molecule has 2 fully saturated rings. The third kappa shape index (κ3) is 5.03. The molecule has 0 spiro atoms. The van der Waals surface area contributed by atoms with E-state index in [1.807, 2.05) is 0 Å². The standard InChI is InChI=1S/C18H28N2O2S/c21-18(7-6-17-5-3-15-23-17)20-9-2-1-4-16(20)8-10-19-11-13-22-14-12-19/h3,5,15-16H,1-2,4,6-14H2. The van der Waals surface area contributed by atoms with Gasteiger partial charge < -0.3 is 9.64 Å². The van der Waals surface area contributed by atoms with Gasteiger partial charge in [-0.2, -0.15) is 0 Å². The Bertz CT molecular complexity index is 471. The highest BCUT2D eigenvalue weighted by atomic mass is 32.1. The third-order valence-corrected chi connectivity index (χ3v) is 5.93.